The van der Waals surface area contributed by atoms with E-state index in [1.807, 2.05) is 32.0 Å². The highest BCUT2D eigenvalue weighted by molar-refractivity contribution is 6.14. The molecule has 1 saturated heterocycles. The summed E-state index contributed by atoms with van der Waals surface area (Å²) < 4.78 is 0. The minimum atomic E-state index is -0.470. The molecule has 1 aliphatic heterocycles. The monoisotopic (exact) mass is 216 g/mol. The number of carbonyl (C=O) groups excluding carboxylic acids is 2. The molecule has 0 aliphatic carbocycles. The molecule has 3 amide bonds. The molecular weight excluding hydrogens is 204 g/mol. The largest absolute Gasteiger partial charge is 0.326 e. The number of nitrogens with one attached hydrogen (secondary N) is 2. The van der Waals surface area contributed by atoms with Gasteiger partial charge in [0.25, 0.3) is 5.91 Å². The zero-order chi connectivity index (χ0) is 11.7. The van der Waals surface area contributed by atoms with E-state index in [0.717, 1.165) is 16.7 Å². The predicted octanol–water partition coefficient (Wildman–Crippen LogP) is 1.48. The maximum atomic E-state index is 11.3. The van der Waals surface area contributed by atoms with Gasteiger partial charge in [-0.2, -0.15) is 0 Å². The van der Waals surface area contributed by atoms with Crippen molar-refractivity contribution < 1.29 is 9.59 Å². The van der Waals surface area contributed by atoms with Gasteiger partial charge in [-0.3, -0.25) is 10.1 Å². The van der Waals surface area contributed by atoms with Gasteiger partial charge in [0.2, 0.25) is 0 Å². The van der Waals surface area contributed by atoms with Crippen molar-refractivity contribution in [2.24, 2.45) is 0 Å². The number of benzene rings is 1. The molecule has 0 saturated carbocycles. The minimum Gasteiger partial charge on any atom is -0.303 e. The summed E-state index contributed by atoms with van der Waals surface area (Å²) >= 11 is 0. The Morgan fingerprint density at radius 1 is 1.06 bits per heavy atom. The SMILES string of the molecule is Cc1cccc(C)c1/C=C1/NC(=O)NC1=O. The molecule has 2 rings (SSSR count). The van der Waals surface area contributed by atoms with E-state index in [0.29, 0.717) is 5.70 Å². The predicted molar refractivity (Wildman–Crippen MR) is 60.6 cm³/mol. The van der Waals surface area contributed by atoms with Crippen LogP contribution in [0.1, 0.15) is 16.7 Å². The number of urea groups is 1. The number of carbonyl (C=O) groups is 2. The van der Waals surface area contributed by atoms with Gasteiger partial charge < -0.3 is 5.32 Å². The standard InChI is InChI=1S/C12H12N2O2/c1-7-4-3-5-8(2)9(7)6-10-11(15)14-12(16)13-10/h3-6H,1-2H3,(H2,13,14,15,16)/b10-6+. The molecule has 0 radical (unpaired) electrons. The van der Waals surface area contributed by atoms with Crippen LogP contribution in [0.3, 0.4) is 0 Å². The normalized spacial score (nSPS) is 17.5. The van der Waals surface area contributed by atoms with E-state index < -0.39 is 6.03 Å². The van der Waals surface area contributed by atoms with Crippen LogP contribution in [-0.4, -0.2) is 11.9 Å². The third-order valence-corrected chi connectivity index (χ3v) is 2.55. The van der Waals surface area contributed by atoms with Gasteiger partial charge in [0.15, 0.2) is 0 Å². The van der Waals surface area contributed by atoms with E-state index in [1.165, 1.54) is 0 Å². The molecule has 4 nitrogen and oxygen atoms in total. The van der Waals surface area contributed by atoms with Crippen LogP contribution in [0.15, 0.2) is 23.9 Å². The van der Waals surface area contributed by atoms with Gasteiger partial charge in [-0.05, 0) is 36.6 Å². The zero-order valence-corrected chi connectivity index (χ0v) is 9.13. The molecule has 1 fully saturated rings. The second-order valence-electron chi connectivity index (χ2n) is 3.77. The second kappa shape index (κ2) is 3.81. The summed E-state index contributed by atoms with van der Waals surface area (Å²) in [4.78, 5) is 22.3. The van der Waals surface area contributed by atoms with E-state index in [-0.39, 0.29) is 5.91 Å². The molecule has 0 unspecified atom stereocenters. The lowest BCUT2D eigenvalue weighted by Crippen LogP contribution is -2.22. The first-order valence-corrected chi connectivity index (χ1v) is 4.98. The van der Waals surface area contributed by atoms with E-state index >= 15 is 0 Å². The lowest BCUT2D eigenvalue weighted by molar-refractivity contribution is -0.115. The fraction of sp³-hybridized carbons (Fsp3) is 0.167. The van der Waals surface area contributed by atoms with Crippen LogP contribution < -0.4 is 10.6 Å². The molecule has 1 aromatic carbocycles. The molecular formula is C12H12N2O2. The van der Waals surface area contributed by atoms with Gasteiger partial charge in [0.05, 0.1) is 0 Å². The van der Waals surface area contributed by atoms with Crippen LogP contribution in [0.2, 0.25) is 0 Å². The number of hydrogen-bond donors (Lipinski definition) is 2. The number of rotatable bonds is 1. The molecule has 1 aromatic rings. The van der Waals surface area contributed by atoms with E-state index in [4.69, 9.17) is 0 Å². The first kappa shape index (κ1) is 10.4. The molecule has 4 heteroatoms. The number of aryl methyl sites for hydroxylation is 2. The molecule has 1 heterocycles. The van der Waals surface area contributed by atoms with Crippen molar-refractivity contribution in [2.75, 3.05) is 0 Å². The van der Waals surface area contributed by atoms with Crippen molar-refractivity contribution in [3.8, 4) is 0 Å². The average Bonchev–Trinajstić information content (AvgIpc) is 2.51. The highest BCUT2D eigenvalue weighted by atomic mass is 16.2. The highest BCUT2D eigenvalue weighted by Gasteiger charge is 2.23. The number of amides is 3. The van der Waals surface area contributed by atoms with E-state index in [9.17, 15) is 9.59 Å². The Morgan fingerprint density at radius 3 is 2.19 bits per heavy atom. The van der Waals surface area contributed by atoms with Crippen molar-refractivity contribution in [3.05, 3.63) is 40.6 Å². The van der Waals surface area contributed by atoms with Crippen LogP contribution in [0, 0.1) is 13.8 Å². The molecule has 0 bridgehead atoms. The van der Waals surface area contributed by atoms with Gasteiger partial charge in [0, 0.05) is 0 Å². The summed E-state index contributed by atoms with van der Waals surface area (Å²) in [6, 6.07) is 5.42. The van der Waals surface area contributed by atoms with Gasteiger partial charge >= 0.3 is 6.03 Å². The summed E-state index contributed by atoms with van der Waals surface area (Å²) in [5, 5.41) is 4.64. The Morgan fingerprint density at radius 2 is 1.69 bits per heavy atom. The Bertz CT molecular complexity index is 483. The van der Waals surface area contributed by atoms with Gasteiger partial charge in [-0.15, -0.1) is 0 Å². The molecule has 2 N–H and O–H groups in total. The molecule has 0 aromatic heterocycles. The van der Waals surface area contributed by atoms with Gasteiger partial charge in [-0.1, -0.05) is 18.2 Å². The molecule has 0 spiro atoms. The summed E-state index contributed by atoms with van der Waals surface area (Å²) in [5.74, 6) is -0.382. The van der Waals surface area contributed by atoms with Crippen LogP contribution in [0.5, 0.6) is 0 Å². The first-order chi connectivity index (χ1) is 7.58. The fourth-order valence-electron chi connectivity index (χ4n) is 1.68. The van der Waals surface area contributed by atoms with Crippen molar-refractivity contribution in [2.45, 2.75) is 13.8 Å². The Labute approximate surface area is 93.3 Å². The summed E-state index contributed by atoms with van der Waals surface area (Å²) in [6.07, 6.45) is 1.70. The Hall–Kier alpha value is -2.10. The van der Waals surface area contributed by atoms with Crippen molar-refractivity contribution >= 4 is 18.0 Å². The number of imide groups is 1. The highest BCUT2D eigenvalue weighted by Crippen LogP contribution is 2.17. The maximum Gasteiger partial charge on any atom is 0.326 e. The zero-order valence-electron chi connectivity index (χ0n) is 9.13. The van der Waals surface area contributed by atoms with Crippen LogP contribution in [-0.2, 0) is 4.79 Å². The first-order valence-electron chi connectivity index (χ1n) is 4.98. The lowest BCUT2D eigenvalue weighted by atomic mass is 10.0. The quantitative estimate of drug-likeness (QED) is 0.552. The molecule has 0 atom stereocenters. The third-order valence-electron chi connectivity index (χ3n) is 2.55. The van der Waals surface area contributed by atoms with E-state index in [1.54, 1.807) is 6.08 Å². The van der Waals surface area contributed by atoms with Gasteiger partial charge in [-0.25, -0.2) is 4.79 Å². The second-order valence-corrected chi connectivity index (χ2v) is 3.77. The fourth-order valence-corrected chi connectivity index (χ4v) is 1.68. The van der Waals surface area contributed by atoms with E-state index in [2.05, 4.69) is 10.6 Å². The Balaban J connectivity index is 2.44. The van der Waals surface area contributed by atoms with Crippen molar-refractivity contribution in [3.63, 3.8) is 0 Å². The van der Waals surface area contributed by atoms with Crippen LogP contribution in [0.4, 0.5) is 4.79 Å². The average molecular weight is 216 g/mol. The van der Waals surface area contributed by atoms with Crippen LogP contribution in [0.25, 0.3) is 6.08 Å². The molecule has 1 aliphatic rings. The summed E-state index contributed by atoms with van der Waals surface area (Å²) in [7, 11) is 0. The molecule has 82 valence electrons. The topological polar surface area (TPSA) is 58.2 Å². The molecule has 16 heavy (non-hydrogen) atoms. The Kier molecular flexibility index (Phi) is 2.48. The maximum absolute atomic E-state index is 11.3. The summed E-state index contributed by atoms with van der Waals surface area (Å²) in [6.45, 7) is 3.93. The number of hydrogen-bond acceptors (Lipinski definition) is 2. The summed E-state index contributed by atoms with van der Waals surface area (Å²) in [5.41, 5.74) is 3.40. The van der Waals surface area contributed by atoms with Crippen molar-refractivity contribution in [1.29, 1.82) is 0 Å². The van der Waals surface area contributed by atoms with Gasteiger partial charge in [0.1, 0.15) is 5.70 Å². The van der Waals surface area contributed by atoms with Crippen LogP contribution >= 0.6 is 0 Å². The lowest BCUT2D eigenvalue weighted by Gasteiger charge is -2.05. The smallest absolute Gasteiger partial charge is 0.303 e. The minimum absolute atomic E-state index is 0.294. The van der Waals surface area contributed by atoms with Crippen molar-refractivity contribution in [1.82, 2.24) is 10.6 Å². The third kappa shape index (κ3) is 1.82.